The zero-order chi connectivity index (χ0) is 23.5. The third-order valence-corrected chi connectivity index (χ3v) is 5.05. The van der Waals surface area contributed by atoms with Crippen LogP contribution in [0.15, 0.2) is 78.2 Å². The van der Waals surface area contributed by atoms with Crippen LogP contribution in [0.25, 0.3) is 0 Å². The number of hydrogen-bond donors (Lipinski definition) is 1. The highest BCUT2D eigenvalue weighted by Gasteiger charge is 2.31. The number of benzene rings is 3. The molecule has 3 aromatic carbocycles. The molecule has 2 N–H and O–H groups in total. The maximum atomic E-state index is 13.8. The van der Waals surface area contributed by atoms with Gasteiger partial charge in [0.05, 0.1) is 5.92 Å². The van der Waals surface area contributed by atoms with Crippen LogP contribution < -0.4 is 19.9 Å². The fourth-order valence-corrected chi connectivity index (χ4v) is 3.49. The quantitative estimate of drug-likeness (QED) is 0.454. The zero-order valence-corrected chi connectivity index (χ0v) is 17.4. The fraction of sp³-hybridized carbons (Fsp3) is 0.120. The van der Waals surface area contributed by atoms with Gasteiger partial charge in [0.25, 0.3) is 0 Å². The topological polar surface area (TPSA) is 94.6 Å². The van der Waals surface area contributed by atoms with Crippen LogP contribution in [0.1, 0.15) is 24.0 Å². The smallest absolute Gasteiger partial charge is 0.352 e. The molecule has 3 aromatic rings. The minimum atomic E-state index is -0.970. The molecule has 0 bridgehead atoms. The molecule has 8 heteroatoms. The molecule has 1 heterocycles. The number of hydrogen-bond acceptors (Lipinski definition) is 6. The maximum Gasteiger partial charge on any atom is 0.352 e. The van der Waals surface area contributed by atoms with Crippen molar-refractivity contribution in [2.24, 2.45) is 5.73 Å². The second-order valence-electron chi connectivity index (χ2n) is 7.31. The lowest BCUT2D eigenvalue weighted by Gasteiger charge is -2.26. The van der Waals surface area contributed by atoms with Crippen molar-refractivity contribution in [2.45, 2.75) is 18.9 Å². The summed E-state index contributed by atoms with van der Waals surface area (Å²) in [6, 6.07) is 17.8. The molecule has 2 atom stereocenters. The Morgan fingerprint density at radius 1 is 1.06 bits per heavy atom. The van der Waals surface area contributed by atoms with Crippen molar-refractivity contribution in [3.63, 3.8) is 0 Å². The number of carbonyl (C=O) groups excluding carboxylic acids is 1. The molecule has 0 radical (unpaired) electrons. The van der Waals surface area contributed by atoms with Gasteiger partial charge in [0.2, 0.25) is 5.88 Å². The molecule has 0 fully saturated rings. The summed E-state index contributed by atoms with van der Waals surface area (Å²) in [5.74, 6) is -1.55. The highest BCUT2D eigenvalue weighted by Crippen LogP contribution is 2.43. The standard InChI is InChI=1S/C25H18F2N2O4/c1-14(31-18-7-5-16(26)6-8-18)25(30)32-19-9-10-20-22(12-19)33-24(29)21(13-28)23(20)15-3-2-4-17(27)11-15/h2-12,14,23H,29H2,1H3. The summed E-state index contributed by atoms with van der Waals surface area (Å²) in [6.07, 6.45) is -0.970. The van der Waals surface area contributed by atoms with Crippen LogP contribution in [0.3, 0.4) is 0 Å². The first-order valence-electron chi connectivity index (χ1n) is 9.96. The molecule has 0 aliphatic carbocycles. The van der Waals surface area contributed by atoms with Gasteiger partial charge in [-0.2, -0.15) is 5.26 Å². The van der Waals surface area contributed by atoms with Crippen molar-refractivity contribution < 1.29 is 27.8 Å². The van der Waals surface area contributed by atoms with E-state index < -0.39 is 29.6 Å². The molecule has 166 valence electrons. The predicted octanol–water partition coefficient (Wildman–Crippen LogP) is 4.56. The number of carbonyl (C=O) groups is 1. The van der Waals surface area contributed by atoms with Gasteiger partial charge in [0.1, 0.15) is 40.5 Å². The number of rotatable bonds is 5. The minimum Gasteiger partial charge on any atom is -0.479 e. The van der Waals surface area contributed by atoms with Gasteiger partial charge < -0.3 is 19.9 Å². The molecule has 33 heavy (non-hydrogen) atoms. The molecule has 2 unspecified atom stereocenters. The number of fused-ring (bicyclic) bond motifs is 1. The molecule has 0 saturated heterocycles. The lowest BCUT2D eigenvalue weighted by molar-refractivity contribution is -0.141. The Morgan fingerprint density at radius 2 is 1.79 bits per heavy atom. The van der Waals surface area contributed by atoms with Crippen LogP contribution in [0.2, 0.25) is 0 Å². The largest absolute Gasteiger partial charge is 0.479 e. The number of allylic oxidation sites excluding steroid dienone is 1. The molecule has 4 rings (SSSR count). The SMILES string of the molecule is CC(Oc1ccc(F)cc1)C(=O)Oc1ccc2c(c1)OC(N)=C(C#N)C2c1cccc(F)c1. The first kappa shape index (κ1) is 21.8. The Bertz CT molecular complexity index is 1280. The Balaban J connectivity index is 1.57. The highest BCUT2D eigenvalue weighted by atomic mass is 19.1. The van der Waals surface area contributed by atoms with Crippen LogP contribution in [0.5, 0.6) is 17.2 Å². The number of ether oxygens (including phenoxy) is 3. The van der Waals surface area contributed by atoms with E-state index in [1.165, 1.54) is 55.5 Å². The van der Waals surface area contributed by atoms with Gasteiger partial charge in [-0.15, -0.1) is 0 Å². The van der Waals surface area contributed by atoms with E-state index in [1.54, 1.807) is 18.2 Å². The third-order valence-electron chi connectivity index (χ3n) is 5.05. The molecule has 0 spiro atoms. The van der Waals surface area contributed by atoms with Crippen LogP contribution in [0, 0.1) is 23.0 Å². The maximum absolute atomic E-state index is 13.8. The fourth-order valence-electron chi connectivity index (χ4n) is 3.49. The van der Waals surface area contributed by atoms with Crippen molar-refractivity contribution in [2.75, 3.05) is 0 Å². The first-order chi connectivity index (χ1) is 15.9. The second-order valence-corrected chi connectivity index (χ2v) is 7.31. The number of nitrogens with two attached hydrogens (primary N) is 1. The molecule has 0 amide bonds. The van der Waals surface area contributed by atoms with Crippen LogP contribution in [0.4, 0.5) is 8.78 Å². The summed E-state index contributed by atoms with van der Waals surface area (Å²) in [5.41, 5.74) is 7.21. The van der Waals surface area contributed by atoms with E-state index in [9.17, 15) is 18.8 Å². The van der Waals surface area contributed by atoms with Crippen LogP contribution in [-0.4, -0.2) is 12.1 Å². The van der Waals surface area contributed by atoms with Gasteiger partial charge in [-0.3, -0.25) is 0 Å². The van der Waals surface area contributed by atoms with Crippen molar-refractivity contribution in [1.29, 1.82) is 5.26 Å². The summed E-state index contributed by atoms with van der Waals surface area (Å²) in [7, 11) is 0. The van der Waals surface area contributed by atoms with E-state index >= 15 is 0 Å². The van der Waals surface area contributed by atoms with Crippen molar-refractivity contribution in [1.82, 2.24) is 0 Å². The van der Waals surface area contributed by atoms with Gasteiger partial charge in [-0.05, 0) is 55.0 Å². The zero-order valence-electron chi connectivity index (χ0n) is 17.4. The summed E-state index contributed by atoms with van der Waals surface area (Å²) < 4.78 is 43.3. The van der Waals surface area contributed by atoms with Crippen molar-refractivity contribution >= 4 is 5.97 Å². The molecule has 1 aliphatic rings. The summed E-state index contributed by atoms with van der Waals surface area (Å²) in [6.45, 7) is 1.50. The van der Waals surface area contributed by atoms with E-state index in [0.29, 0.717) is 16.9 Å². The molecule has 1 aliphatic heterocycles. The Labute approximate surface area is 188 Å². The molecular formula is C25H18F2N2O4. The third kappa shape index (κ3) is 4.62. The van der Waals surface area contributed by atoms with Gasteiger partial charge in [0.15, 0.2) is 6.10 Å². The summed E-state index contributed by atoms with van der Waals surface area (Å²) >= 11 is 0. The average molecular weight is 448 g/mol. The average Bonchev–Trinajstić information content (AvgIpc) is 2.79. The predicted molar refractivity (Wildman–Crippen MR) is 114 cm³/mol. The highest BCUT2D eigenvalue weighted by molar-refractivity contribution is 5.77. The van der Waals surface area contributed by atoms with E-state index in [2.05, 4.69) is 0 Å². The monoisotopic (exact) mass is 448 g/mol. The first-order valence-corrected chi connectivity index (χ1v) is 9.96. The van der Waals surface area contributed by atoms with E-state index in [4.69, 9.17) is 19.9 Å². The lowest BCUT2D eigenvalue weighted by Crippen LogP contribution is -2.28. The van der Waals surface area contributed by atoms with Gasteiger partial charge >= 0.3 is 5.97 Å². The normalized spacial score (nSPS) is 15.6. The molecule has 0 aromatic heterocycles. The van der Waals surface area contributed by atoms with E-state index in [0.717, 1.165) is 0 Å². The number of nitrogens with zero attached hydrogens (tertiary/aromatic N) is 1. The van der Waals surface area contributed by atoms with E-state index in [1.807, 2.05) is 6.07 Å². The van der Waals surface area contributed by atoms with Crippen LogP contribution >= 0.6 is 0 Å². The van der Waals surface area contributed by atoms with Gasteiger partial charge in [0, 0.05) is 11.6 Å². The molecule has 0 saturated carbocycles. The molecular weight excluding hydrogens is 430 g/mol. The Hall–Kier alpha value is -4.38. The van der Waals surface area contributed by atoms with Crippen LogP contribution in [-0.2, 0) is 4.79 Å². The lowest BCUT2D eigenvalue weighted by atomic mass is 9.83. The Morgan fingerprint density at radius 3 is 2.48 bits per heavy atom. The van der Waals surface area contributed by atoms with E-state index in [-0.39, 0.29) is 23.0 Å². The Kier molecular flexibility index (Phi) is 5.96. The minimum absolute atomic E-state index is 0.115. The number of halogens is 2. The van der Waals surface area contributed by atoms with Gasteiger partial charge in [-0.25, -0.2) is 13.6 Å². The van der Waals surface area contributed by atoms with Crippen molar-refractivity contribution in [3.05, 3.63) is 101 Å². The van der Waals surface area contributed by atoms with Gasteiger partial charge in [-0.1, -0.05) is 18.2 Å². The summed E-state index contributed by atoms with van der Waals surface area (Å²) in [5, 5.41) is 9.59. The molecule has 6 nitrogen and oxygen atoms in total. The number of esters is 1. The second kappa shape index (κ2) is 9.01. The van der Waals surface area contributed by atoms with Crippen molar-refractivity contribution in [3.8, 4) is 23.3 Å². The number of nitriles is 1. The summed E-state index contributed by atoms with van der Waals surface area (Å²) in [4.78, 5) is 12.5.